The summed E-state index contributed by atoms with van der Waals surface area (Å²) in [6, 6.07) is 5.99. The van der Waals surface area contributed by atoms with E-state index < -0.39 is 0 Å². The van der Waals surface area contributed by atoms with E-state index >= 15 is 0 Å². The van der Waals surface area contributed by atoms with E-state index in [4.69, 9.17) is 5.11 Å². The Hall–Kier alpha value is -0.670. The lowest BCUT2D eigenvalue weighted by atomic mass is 10.4. The highest BCUT2D eigenvalue weighted by molar-refractivity contribution is 7.97. The van der Waals surface area contributed by atoms with Gasteiger partial charge >= 0.3 is 0 Å². The van der Waals surface area contributed by atoms with E-state index in [0.717, 1.165) is 10.4 Å². The second-order valence-electron chi connectivity index (χ2n) is 1.72. The van der Waals surface area contributed by atoms with Crippen molar-refractivity contribution in [3.8, 4) is 0 Å². The van der Waals surface area contributed by atoms with Crippen LogP contribution in [0.25, 0.3) is 0 Å². The molecule has 0 radical (unpaired) electrons. The van der Waals surface area contributed by atoms with Crippen molar-refractivity contribution in [1.29, 1.82) is 0 Å². The Kier molecular flexibility index (Phi) is 2.59. The summed E-state index contributed by atoms with van der Waals surface area (Å²) in [5.74, 6) is -0.253. The van der Waals surface area contributed by atoms with Crippen LogP contribution in [0, 0.1) is 5.82 Å². The zero-order valence-electron chi connectivity index (χ0n) is 5.16. The van der Waals surface area contributed by atoms with E-state index in [9.17, 15) is 4.39 Å². The van der Waals surface area contributed by atoms with Gasteiger partial charge < -0.3 is 5.11 Å². The average Bonchev–Trinajstić information content (AvgIpc) is 1.95. The molecule has 1 aromatic rings. The Balaban J connectivity index is 2.89. The first-order chi connectivity index (χ1) is 4.83. The third kappa shape index (κ3) is 1.93. The maximum atomic E-state index is 12.3. The van der Waals surface area contributed by atoms with Crippen molar-refractivity contribution in [2.75, 3.05) is 0 Å². The molecule has 0 aliphatic rings. The van der Waals surface area contributed by atoms with Gasteiger partial charge in [-0.1, -0.05) is 0 Å². The van der Waals surface area contributed by atoms with Crippen molar-refractivity contribution < 1.29 is 9.50 Å². The van der Waals surface area contributed by atoms with Crippen LogP contribution in [0.15, 0.2) is 29.2 Å². The van der Waals surface area contributed by atoms with Crippen LogP contribution < -0.4 is 0 Å². The standard InChI is InChI=1S/C7H7FOS/c8-6-1-3-7(4-2-6)10-5-9/h1-5,9-10H. The lowest BCUT2D eigenvalue weighted by Gasteiger charge is -1.90. The molecule has 3 heteroatoms. The van der Waals surface area contributed by atoms with E-state index in [1.165, 1.54) is 12.1 Å². The summed E-state index contributed by atoms with van der Waals surface area (Å²) < 4.78 is 12.3. The summed E-state index contributed by atoms with van der Waals surface area (Å²) in [6.45, 7) is 0. The first-order valence-electron chi connectivity index (χ1n) is 2.75. The molecule has 1 N–H and O–H groups in total. The molecular formula is C7H7FOS. The van der Waals surface area contributed by atoms with Gasteiger partial charge in [0.25, 0.3) is 0 Å². The Morgan fingerprint density at radius 1 is 1.30 bits per heavy atom. The fourth-order valence-electron chi connectivity index (χ4n) is 0.594. The van der Waals surface area contributed by atoms with Crippen molar-refractivity contribution in [2.45, 2.75) is 4.90 Å². The lowest BCUT2D eigenvalue weighted by Crippen LogP contribution is -1.71. The van der Waals surface area contributed by atoms with E-state index in [0.29, 0.717) is 11.4 Å². The van der Waals surface area contributed by atoms with Crippen LogP contribution in [0.2, 0.25) is 0 Å². The summed E-state index contributed by atoms with van der Waals surface area (Å²) in [4.78, 5) is 0.879. The maximum Gasteiger partial charge on any atom is 0.123 e. The molecule has 0 bridgehead atoms. The van der Waals surface area contributed by atoms with Crippen molar-refractivity contribution in [3.63, 3.8) is 0 Å². The summed E-state index contributed by atoms with van der Waals surface area (Å²) in [5, 5.41) is 8.36. The topological polar surface area (TPSA) is 20.2 Å². The SMILES string of the molecule is OC=[SH]c1ccc(F)cc1. The molecule has 0 spiro atoms. The Bertz CT molecular complexity index is 230. The van der Waals surface area contributed by atoms with Crippen LogP contribution in [0.1, 0.15) is 0 Å². The summed E-state index contributed by atoms with van der Waals surface area (Å²) >= 11 is 0.698. The third-order valence-electron chi connectivity index (χ3n) is 1.03. The monoisotopic (exact) mass is 158 g/mol. The quantitative estimate of drug-likeness (QED) is 0.473. The number of thiol groups is 1. The number of halogens is 1. The minimum absolute atomic E-state index is 0.253. The van der Waals surface area contributed by atoms with Gasteiger partial charge in [-0.2, -0.15) is 0 Å². The normalized spacial score (nSPS) is 11.4. The second kappa shape index (κ2) is 3.49. The first kappa shape index (κ1) is 7.44. The second-order valence-corrected chi connectivity index (χ2v) is 2.73. The summed E-state index contributed by atoms with van der Waals surface area (Å²) in [5.41, 5.74) is 1.02. The molecule has 0 saturated heterocycles. The van der Waals surface area contributed by atoms with Gasteiger partial charge in [0.1, 0.15) is 5.82 Å². The van der Waals surface area contributed by atoms with Gasteiger partial charge in [0.15, 0.2) is 0 Å². The number of hydrogen-bond donors (Lipinski definition) is 2. The average molecular weight is 158 g/mol. The molecule has 0 amide bonds. The molecule has 0 aromatic heterocycles. The number of aliphatic hydroxyl groups is 1. The van der Waals surface area contributed by atoms with Crippen LogP contribution in [0.3, 0.4) is 0 Å². The Morgan fingerprint density at radius 2 is 1.90 bits per heavy atom. The van der Waals surface area contributed by atoms with Gasteiger partial charge in [-0.05, 0) is 24.3 Å². The van der Waals surface area contributed by atoms with Crippen LogP contribution in [0.5, 0.6) is 0 Å². The van der Waals surface area contributed by atoms with Crippen molar-refractivity contribution in [2.24, 2.45) is 0 Å². The zero-order valence-corrected chi connectivity index (χ0v) is 6.05. The molecule has 0 saturated carbocycles. The number of hydrogen-bond acceptors (Lipinski definition) is 0. The van der Waals surface area contributed by atoms with Gasteiger partial charge in [-0.3, -0.25) is 0 Å². The minimum Gasteiger partial charge on any atom is -0.363 e. The van der Waals surface area contributed by atoms with Gasteiger partial charge in [-0.15, -0.1) is 11.4 Å². The molecule has 0 fully saturated rings. The molecule has 0 unspecified atom stereocenters. The fraction of sp³-hybridized carbons (Fsp3) is 0. The molecule has 1 rings (SSSR count). The number of aliphatic hydroxyl groups excluding tert-OH is 1. The molecule has 0 atom stereocenters. The Morgan fingerprint density at radius 3 is 2.40 bits per heavy atom. The van der Waals surface area contributed by atoms with Gasteiger partial charge in [-0.25, -0.2) is 4.39 Å². The highest BCUT2D eigenvalue weighted by Gasteiger charge is 1.86. The number of benzene rings is 1. The van der Waals surface area contributed by atoms with Crippen molar-refractivity contribution in [3.05, 3.63) is 30.1 Å². The molecular weight excluding hydrogens is 151 g/mol. The fourth-order valence-corrected chi connectivity index (χ4v) is 1.05. The third-order valence-corrected chi connectivity index (χ3v) is 1.75. The van der Waals surface area contributed by atoms with Gasteiger partial charge in [0.2, 0.25) is 0 Å². The molecule has 0 aliphatic carbocycles. The van der Waals surface area contributed by atoms with Crippen LogP contribution in [-0.2, 0) is 0 Å². The van der Waals surface area contributed by atoms with Crippen LogP contribution in [0.4, 0.5) is 4.39 Å². The predicted molar refractivity (Wildman–Crippen MR) is 42.3 cm³/mol. The van der Waals surface area contributed by atoms with Crippen LogP contribution in [-0.4, -0.2) is 10.7 Å². The smallest absolute Gasteiger partial charge is 0.123 e. The summed E-state index contributed by atoms with van der Waals surface area (Å²) in [6.07, 6.45) is 0. The highest BCUT2D eigenvalue weighted by atomic mass is 32.1. The first-order valence-corrected chi connectivity index (χ1v) is 3.71. The van der Waals surface area contributed by atoms with Crippen molar-refractivity contribution in [1.82, 2.24) is 0 Å². The molecule has 54 valence electrons. The van der Waals surface area contributed by atoms with Gasteiger partial charge in [0, 0.05) is 4.90 Å². The van der Waals surface area contributed by atoms with E-state index in [2.05, 4.69) is 0 Å². The predicted octanol–water partition coefficient (Wildman–Crippen LogP) is 1.97. The summed E-state index contributed by atoms with van der Waals surface area (Å²) in [7, 11) is 0. The molecule has 1 aromatic carbocycles. The largest absolute Gasteiger partial charge is 0.363 e. The minimum atomic E-state index is -0.253. The van der Waals surface area contributed by atoms with E-state index in [-0.39, 0.29) is 5.82 Å². The van der Waals surface area contributed by atoms with Crippen LogP contribution >= 0.6 is 11.4 Å². The molecule has 0 aliphatic heterocycles. The lowest BCUT2D eigenvalue weighted by molar-refractivity contribution is 0.593. The van der Waals surface area contributed by atoms with E-state index in [1.807, 2.05) is 0 Å². The van der Waals surface area contributed by atoms with Gasteiger partial charge in [0.05, 0.1) is 5.55 Å². The Labute approximate surface area is 62.1 Å². The molecule has 1 nitrogen and oxygen atoms in total. The zero-order chi connectivity index (χ0) is 7.40. The molecule has 0 heterocycles. The van der Waals surface area contributed by atoms with E-state index in [1.54, 1.807) is 12.1 Å². The maximum absolute atomic E-state index is 12.3. The molecule has 10 heavy (non-hydrogen) atoms. The van der Waals surface area contributed by atoms with Crippen molar-refractivity contribution >= 4 is 16.9 Å². The number of rotatable bonds is 1. The highest BCUT2D eigenvalue weighted by Crippen LogP contribution is 2.09.